The molecule has 0 saturated carbocycles. The van der Waals surface area contributed by atoms with Crippen LogP contribution in [-0.4, -0.2) is 216 Å². The summed E-state index contributed by atoms with van der Waals surface area (Å²) in [6.45, 7) is 16.5. The van der Waals surface area contributed by atoms with Crippen molar-refractivity contribution in [2.24, 2.45) is 30.0 Å². The Morgan fingerprint density at radius 1 is 0.459 bits per heavy atom. The van der Waals surface area contributed by atoms with Crippen molar-refractivity contribution in [3.8, 4) is 0 Å². The molecule has 1 saturated heterocycles. The SMILES string of the molecule is [CH2-]CCC[N+](CCCCS(=O)(=O)[O-])(CCCCS(=O)(=O)O)CCC[Si](C)(C)O[Si]1(O[Si](C)(C)CCC[N+](CCCCCC(=O)ON2C(=O)CCC2=O)(CCCCS(=O)(=O)[O-])CCCCS(=O)(=O)O)n2c3c4ccccc4c2N=C2N=C(N=c4c5ccccc5c(n41)=NC1=NC(=N3)c3ccccc31)c1ccccc12.[Na+].[Na+].[Na+]. The van der Waals surface area contributed by atoms with Crippen LogP contribution in [0.25, 0.3) is 21.5 Å². The molecule has 5 aliphatic rings. The summed E-state index contributed by atoms with van der Waals surface area (Å²) in [6.07, 6.45) is 5.34. The molecule has 11 rings (SSSR count). The van der Waals surface area contributed by atoms with Crippen molar-refractivity contribution in [2.75, 3.05) is 75.4 Å². The standard InChI is InChI=1S/C72H97N11O18S4Si3.3Na/c1-6-7-40-82(42-19-23-48-102(87,88)89,43-20-24-49-103(90,91)92)46-27-52-106(2,3)100-108(101-107(4,5)53-28-47-83(44-21-25-50-104(93,94)95,45-22-26-51-105(96,97)98)41-18-8-9-37-64(86)99-79-62(84)38-39-63(79)85)80-69-58-33-14-15-34-59(58)71(80)77-67-56-31-12-13-32-57(56)68(74-67)78-72-61-36-17-16-35-60(61)70(81(72)108)76-66-55-30-11-10-29-54(55)65(73-66)75-69;;;/h10-17,29-36H,1,6-9,18-28,37-53H2,2-5H3,(H3-,87,88,89,90,91,92,93,94,95,96,97,98);;;/q;3*+1/p-1. The van der Waals surface area contributed by atoms with Gasteiger partial charge in [0.1, 0.15) is 22.6 Å². The Kier molecular flexibility index (Phi) is 32.5. The first-order valence-electron chi connectivity index (χ1n) is 37.1. The molecule has 7 heterocycles. The fourth-order valence-electron chi connectivity index (χ4n) is 15.5. The summed E-state index contributed by atoms with van der Waals surface area (Å²) in [5.41, 5.74) is 3.77. The molecule has 5 aliphatic heterocycles. The van der Waals surface area contributed by atoms with Gasteiger partial charge in [0.15, 0.2) is 40.0 Å². The minimum atomic E-state index is -4.91. The third-order valence-electron chi connectivity index (χ3n) is 20.7. The fraction of sp³-hybridized carbons (Fsp3) is 0.500. The summed E-state index contributed by atoms with van der Waals surface area (Å²) < 4.78 is 163. The Morgan fingerprint density at radius 2 is 0.793 bits per heavy atom. The molecule has 6 aromatic rings. The van der Waals surface area contributed by atoms with Gasteiger partial charge >= 0.3 is 104 Å². The average molecular weight is 1690 g/mol. The van der Waals surface area contributed by atoms with Crippen LogP contribution in [0, 0.1) is 6.92 Å². The van der Waals surface area contributed by atoms with Crippen molar-refractivity contribution in [1.82, 2.24) is 13.5 Å². The van der Waals surface area contributed by atoms with E-state index < -0.39 is 107 Å². The number of benzene rings is 4. The zero-order chi connectivity index (χ0) is 77.5. The van der Waals surface area contributed by atoms with Crippen molar-refractivity contribution in [1.29, 1.82) is 0 Å². The Bertz CT molecular complexity index is 4920. The molecule has 584 valence electrons. The Morgan fingerprint density at radius 3 is 1.16 bits per heavy atom. The van der Waals surface area contributed by atoms with Gasteiger partial charge in [0.25, 0.3) is 32.1 Å². The molecule has 3 unspecified atom stereocenters. The van der Waals surface area contributed by atoms with Gasteiger partial charge in [-0.15, -0.1) is 5.06 Å². The molecule has 111 heavy (non-hydrogen) atoms. The second-order valence-corrected chi connectivity index (χ2v) is 47.9. The third-order valence-corrected chi connectivity index (χ3v) is 35.5. The topological polar surface area (TPSA) is 389 Å². The van der Waals surface area contributed by atoms with E-state index in [4.69, 9.17) is 43.0 Å². The number of hydrogen-bond acceptors (Lipinski definition) is 22. The number of fused-ring (bicyclic) bond motifs is 14. The van der Waals surface area contributed by atoms with Gasteiger partial charge in [-0.25, -0.2) is 51.6 Å². The van der Waals surface area contributed by atoms with Gasteiger partial charge in [0, 0.05) is 74.6 Å². The van der Waals surface area contributed by atoms with Gasteiger partial charge in [-0.05, 0) is 128 Å². The quantitative estimate of drug-likeness (QED) is 0.0127. The molecule has 2 aromatic heterocycles. The number of imide groups is 1. The molecule has 0 aliphatic carbocycles. The monoisotopic (exact) mass is 1680 g/mol. The number of carbonyl (C=O) groups is 3. The zero-order valence-electron chi connectivity index (χ0n) is 64.6. The van der Waals surface area contributed by atoms with Crippen LogP contribution in [0.15, 0.2) is 127 Å². The number of rotatable bonds is 42. The van der Waals surface area contributed by atoms with Crippen molar-refractivity contribution in [2.45, 2.75) is 154 Å². The molecule has 39 heteroatoms. The molecule has 0 spiro atoms. The predicted octanol–water partition coefficient (Wildman–Crippen LogP) is 0.00929. The smallest absolute Gasteiger partial charge is 0.748 e. The number of quaternary nitrogens is 2. The predicted molar refractivity (Wildman–Crippen MR) is 416 cm³/mol. The van der Waals surface area contributed by atoms with E-state index >= 15 is 0 Å². The summed E-state index contributed by atoms with van der Waals surface area (Å²) >= 11 is 0. The van der Waals surface area contributed by atoms with E-state index in [-0.39, 0.29) is 134 Å². The minimum absolute atomic E-state index is 0. The Hall–Kier alpha value is -4.02. The van der Waals surface area contributed by atoms with Gasteiger partial charge in [-0.1, -0.05) is 97.1 Å². The van der Waals surface area contributed by atoms with E-state index in [0.29, 0.717) is 217 Å². The Balaban J connectivity index is 0.00000516. The van der Waals surface area contributed by atoms with Gasteiger partial charge in [-0.2, -0.15) is 23.3 Å². The van der Waals surface area contributed by atoms with Crippen LogP contribution in [0.4, 0.5) is 11.6 Å². The molecule has 2 N–H and O–H groups in total. The minimum Gasteiger partial charge on any atom is -0.748 e. The molecular formula is C72H96N11Na3O18S4Si3+2. The summed E-state index contributed by atoms with van der Waals surface area (Å²) in [5.74, 6) is -1.63. The van der Waals surface area contributed by atoms with E-state index in [9.17, 15) is 66.3 Å². The zero-order valence-corrected chi connectivity index (χ0v) is 76.8. The van der Waals surface area contributed by atoms with Gasteiger partial charge in [0.05, 0.1) is 84.1 Å². The number of nitrogens with zero attached hydrogens (tertiary/aromatic N) is 11. The van der Waals surface area contributed by atoms with Crippen LogP contribution in [0.2, 0.25) is 38.3 Å². The number of hydrogen-bond donors (Lipinski definition) is 2. The molecule has 4 aromatic carbocycles. The number of hydroxylamine groups is 2. The number of amides is 2. The number of amidine groups is 4. The van der Waals surface area contributed by atoms with Crippen LogP contribution in [-0.2, 0) is 67.9 Å². The van der Waals surface area contributed by atoms with E-state index in [1.54, 1.807) is 0 Å². The normalized spacial score (nSPS) is 17.2. The van der Waals surface area contributed by atoms with Crippen molar-refractivity contribution in [3.63, 3.8) is 0 Å². The maximum atomic E-state index is 13.0. The number of aliphatic imine (C=N–C) groups is 4. The Labute approximate surface area is 719 Å². The molecule has 3 atom stereocenters. The second kappa shape index (κ2) is 39.0. The number of aromatic nitrogens is 2. The van der Waals surface area contributed by atoms with Crippen LogP contribution in [0.1, 0.15) is 138 Å². The average Bonchev–Trinajstić information content (AvgIpc) is 1.54. The molecular weight excluding hydrogens is 1590 g/mol. The van der Waals surface area contributed by atoms with Crippen LogP contribution in [0.3, 0.4) is 0 Å². The van der Waals surface area contributed by atoms with Crippen molar-refractivity contribution < 1.29 is 177 Å². The first-order valence-corrected chi connectivity index (χ1v) is 51.4. The molecule has 0 radical (unpaired) electrons. The second-order valence-electron chi connectivity index (χ2n) is 30.1. The molecule has 29 nitrogen and oxygen atoms in total. The van der Waals surface area contributed by atoms with E-state index in [0.717, 1.165) is 22.3 Å². The molecule has 1 fully saturated rings. The maximum absolute atomic E-state index is 13.0. The van der Waals surface area contributed by atoms with Gasteiger partial charge in [0.2, 0.25) is 0 Å². The molecule has 2 amide bonds. The van der Waals surface area contributed by atoms with Crippen LogP contribution < -0.4 is 99.6 Å². The fourth-order valence-corrected chi connectivity index (χ4v) is 30.3. The van der Waals surface area contributed by atoms with E-state index in [2.05, 4.69) is 41.6 Å². The largest absolute Gasteiger partial charge is 1.00 e. The summed E-state index contributed by atoms with van der Waals surface area (Å²) in [6, 6.07) is 32.2. The van der Waals surface area contributed by atoms with E-state index in [1.165, 1.54) is 0 Å². The van der Waals surface area contributed by atoms with Crippen molar-refractivity contribution >= 4 is 140 Å². The van der Waals surface area contributed by atoms with Crippen molar-refractivity contribution in [3.05, 3.63) is 137 Å². The molecule has 6 bridgehead atoms. The summed E-state index contributed by atoms with van der Waals surface area (Å²) in [5, 5.41) is 3.28. The van der Waals surface area contributed by atoms with Gasteiger partial charge in [-0.3, -0.25) is 27.2 Å². The number of carbonyl (C=O) groups excluding carboxylic acids is 3. The van der Waals surface area contributed by atoms with E-state index in [1.807, 2.05) is 97.1 Å². The van der Waals surface area contributed by atoms with Crippen LogP contribution >= 0.6 is 0 Å². The van der Waals surface area contributed by atoms with Gasteiger partial charge < -0.3 is 38.1 Å². The van der Waals surface area contributed by atoms with Crippen LogP contribution in [0.5, 0.6) is 0 Å². The number of unbranched alkanes of at least 4 members (excludes halogenated alkanes) is 7. The third kappa shape index (κ3) is 23.9. The first-order chi connectivity index (χ1) is 51.1. The first kappa shape index (κ1) is 92.5. The maximum Gasteiger partial charge on any atom is 1.00 e. The summed E-state index contributed by atoms with van der Waals surface area (Å²) in [7, 11) is -29.5. The summed E-state index contributed by atoms with van der Waals surface area (Å²) in [4.78, 5) is 76.1.